The summed E-state index contributed by atoms with van der Waals surface area (Å²) in [4.78, 5) is 29.3. The van der Waals surface area contributed by atoms with Crippen molar-refractivity contribution >= 4 is 23.3 Å². The van der Waals surface area contributed by atoms with E-state index in [1.165, 1.54) is 0 Å². The van der Waals surface area contributed by atoms with Gasteiger partial charge in [-0.2, -0.15) is 0 Å². The van der Waals surface area contributed by atoms with Crippen LogP contribution in [0.1, 0.15) is 51.4 Å². The van der Waals surface area contributed by atoms with E-state index in [1.807, 2.05) is 42.5 Å². The van der Waals surface area contributed by atoms with Crippen molar-refractivity contribution in [3.8, 4) is 17.0 Å². The number of carboxylic acids is 1. The molecule has 2 unspecified atom stereocenters. The number of hydrogen-bond donors (Lipinski definition) is 3. The van der Waals surface area contributed by atoms with Crippen LogP contribution in [0.5, 0.6) is 5.75 Å². The molecule has 33 heavy (non-hydrogen) atoms. The zero-order chi connectivity index (χ0) is 24.3. The highest BCUT2D eigenvalue weighted by molar-refractivity contribution is 5.97. The molecule has 2 heterocycles. The number of carbonyl (C=O) groups is 2. The number of amides is 1. The van der Waals surface area contributed by atoms with E-state index in [0.29, 0.717) is 17.6 Å². The van der Waals surface area contributed by atoms with Crippen molar-refractivity contribution in [2.75, 3.05) is 12.4 Å². The first-order valence-corrected chi connectivity index (χ1v) is 11.0. The monoisotopic (exact) mass is 452 g/mol. The number of nitrogens with one attached hydrogen (secondary N) is 2. The molecule has 3 N–H and O–H groups in total. The van der Waals surface area contributed by atoms with E-state index in [4.69, 9.17) is 9.72 Å². The zero-order valence-corrected chi connectivity index (χ0v) is 20.0. The summed E-state index contributed by atoms with van der Waals surface area (Å²) in [5.41, 5.74) is 2.35. The van der Waals surface area contributed by atoms with Crippen LogP contribution < -0.4 is 15.4 Å². The molecule has 0 aliphatic heterocycles. The first-order valence-electron chi connectivity index (χ1n) is 11.0. The zero-order valence-electron chi connectivity index (χ0n) is 20.0. The second-order valence-electron chi connectivity index (χ2n) is 9.23. The number of methoxy groups -OCH3 is 1. The van der Waals surface area contributed by atoms with Crippen molar-refractivity contribution in [2.45, 2.75) is 52.6 Å². The number of pyridine rings is 1. The summed E-state index contributed by atoms with van der Waals surface area (Å²) in [6.45, 7) is 9.89. The average Bonchev–Trinajstić information content (AvgIpc) is 3.12. The number of carboxylic acid groups (broad SMARTS) is 1. The van der Waals surface area contributed by atoms with Gasteiger partial charge in [0.05, 0.1) is 7.11 Å². The lowest BCUT2D eigenvalue weighted by atomic mass is 9.99. The molecule has 0 radical (unpaired) electrons. The molecule has 3 rings (SSSR count). The molecule has 176 valence electrons. The third-order valence-corrected chi connectivity index (χ3v) is 5.51. The lowest BCUT2D eigenvalue weighted by Gasteiger charge is -2.23. The standard InChI is InChI=1S/C25H32N4O4/c1-7-15(2)20(24(31)32)27-23(30)17-12-13-29-19(14-17)26-21(22(29)28-25(3,4)5)16-8-10-18(33-6)11-9-16/h8-15,20,28H,7H2,1-6H3,(H,27,30)(H,31,32). The summed E-state index contributed by atoms with van der Waals surface area (Å²) in [5, 5.41) is 15.7. The fraction of sp³-hybridized carbons (Fsp3) is 0.400. The van der Waals surface area contributed by atoms with Crippen LogP contribution in [0.25, 0.3) is 16.9 Å². The molecule has 1 aromatic carbocycles. The van der Waals surface area contributed by atoms with Gasteiger partial charge in [-0.25, -0.2) is 9.78 Å². The highest BCUT2D eigenvalue weighted by Crippen LogP contribution is 2.32. The van der Waals surface area contributed by atoms with Crippen molar-refractivity contribution in [3.05, 3.63) is 48.2 Å². The van der Waals surface area contributed by atoms with Gasteiger partial charge in [0, 0.05) is 22.9 Å². The van der Waals surface area contributed by atoms with Gasteiger partial charge in [-0.05, 0) is 63.1 Å². The van der Waals surface area contributed by atoms with Gasteiger partial charge in [-0.1, -0.05) is 20.3 Å². The van der Waals surface area contributed by atoms with Gasteiger partial charge in [0.15, 0.2) is 0 Å². The normalized spacial score (nSPS) is 13.4. The second kappa shape index (κ2) is 9.52. The van der Waals surface area contributed by atoms with E-state index in [1.54, 1.807) is 25.4 Å². The fourth-order valence-corrected chi connectivity index (χ4v) is 3.52. The molecule has 2 aromatic heterocycles. The van der Waals surface area contributed by atoms with Gasteiger partial charge in [-0.15, -0.1) is 0 Å². The number of anilines is 1. The van der Waals surface area contributed by atoms with Crippen LogP contribution in [0.4, 0.5) is 5.82 Å². The highest BCUT2D eigenvalue weighted by atomic mass is 16.5. The largest absolute Gasteiger partial charge is 0.497 e. The van der Waals surface area contributed by atoms with E-state index in [-0.39, 0.29) is 11.5 Å². The number of benzene rings is 1. The lowest BCUT2D eigenvalue weighted by molar-refractivity contribution is -0.140. The van der Waals surface area contributed by atoms with Gasteiger partial charge in [-0.3, -0.25) is 9.20 Å². The summed E-state index contributed by atoms with van der Waals surface area (Å²) in [6, 6.07) is 10.0. The van der Waals surface area contributed by atoms with E-state index in [2.05, 4.69) is 31.4 Å². The van der Waals surface area contributed by atoms with Crippen LogP contribution in [0, 0.1) is 5.92 Å². The third kappa shape index (κ3) is 5.45. The van der Waals surface area contributed by atoms with Crippen LogP contribution in [0.15, 0.2) is 42.6 Å². The SMILES string of the molecule is CCC(C)C(NC(=O)c1ccn2c(NC(C)(C)C)c(-c3ccc(OC)cc3)nc2c1)C(=O)O. The Kier molecular flexibility index (Phi) is 6.95. The Morgan fingerprint density at radius 1 is 1.18 bits per heavy atom. The number of nitrogens with zero attached hydrogens (tertiary/aromatic N) is 2. The molecule has 0 saturated carbocycles. The summed E-state index contributed by atoms with van der Waals surface area (Å²) in [6.07, 6.45) is 2.42. The number of aromatic nitrogens is 2. The Balaban J connectivity index is 2.03. The number of imidazole rings is 1. The second-order valence-corrected chi connectivity index (χ2v) is 9.23. The molecule has 8 heteroatoms. The summed E-state index contributed by atoms with van der Waals surface area (Å²) < 4.78 is 7.16. The van der Waals surface area contributed by atoms with Crippen LogP contribution >= 0.6 is 0 Å². The van der Waals surface area contributed by atoms with E-state index in [9.17, 15) is 14.7 Å². The van der Waals surface area contributed by atoms with Crippen molar-refractivity contribution < 1.29 is 19.4 Å². The quantitative estimate of drug-likeness (QED) is 0.466. The number of hydrogen-bond acceptors (Lipinski definition) is 5. The van der Waals surface area contributed by atoms with Crippen LogP contribution in [0.2, 0.25) is 0 Å². The summed E-state index contributed by atoms with van der Waals surface area (Å²) in [5.74, 6) is -0.118. The molecule has 0 aliphatic rings. The van der Waals surface area contributed by atoms with Gasteiger partial charge in [0.1, 0.15) is 29.0 Å². The molecular weight excluding hydrogens is 420 g/mol. The predicted molar refractivity (Wildman–Crippen MR) is 129 cm³/mol. The van der Waals surface area contributed by atoms with Crippen molar-refractivity contribution in [1.82, 2.24) is 14.7 Å². The van der Waals surface area contributed by atoms with E-state index in [0.717, 1.165) is 22.8 Å². The molecule has 8 nitrogen and oxygen atoms in total. The van der Waals surface area contributed by atoms with Crippen LogP contribution in [-0.4, -0.2) is 45.1 Å². The maximum absolute atomic E-state index is 12.8. The smallest absolute Gasteiger partial charge is 0.326 e. The number of fused-ring (bicyclic) bond motifs is 1. The molecular formula is C25H32N4O4. The molecule has 1 amide bonds. The Labute approximate surface area is 194 Å². The third-order valence-electron chi connectivity index (χ3n) is 5.51. The molecule has 0 saturated heterocycles. The number of carbonyl (C=O) groups excluding carboxylic acids is 1. The Morgan fingerprint density at radius 2 is 1.85 bits per heavy atom. The van der Waals surface area contributed by atoms with Gasteiger partial charge in [0.2, 0.25) is 0 Å². The maximum Gasteiger partial charge on any atom is 0.326 e. The Bertz CT molecular complexity index is 1150. The van der Waals surface area contributed by atoms with Crippen molar-refractivity contribution in [3.63, 3.8) is 0 Å². The van der Waals surface area contributed by atoms with Gasteiger partial charge < -0.3 is 20.5 Å². The van der Waals surface area contributed by atoms with Crippen molar-refractivity contribution in [1.29, 1.82) is 0 Å². The first kappa shape index (κ1) is 24.1. The Morgan fingerprint density at radius 3 is 2.39 bits per heavy atom. The fourth-order valence-electron chi connectivity index (χ4n) is 3.52. The first-order chi connectivity index (χ1) is 15.5. The minimum atomic E-state index is -1.04. The molecule has 0 fully saturated rings. The van der Waals surface area contributed by atoms with Gasteiger partial charge >= 0.3 is 5.97 Å². The molecule has 0 bridgehead atoms. The van der Waals surface area contributed by atoms with Crippen LogP contribution in [-0.2, 0) is 4.79 Å². The molecule has 0 aliphatic carbocycles. The van der Waals surface area contributed by atoms with E-state index < -0.39 is 17.9 Å². The number of rotatable bonds is 8. The Hall–Kier alpha value is -3.55. The molecule has 3 aromatic rings. The molecule has 0 spiro atoms. The van der Waals surface area contributed by atoms with Gasteiger partial charge in [0.25, 0.3) is 5.91 Å². The molecule has 2 atom stereocenters. The minimum Gasteiger partial charge on any atom is -0.497 e. The topological polar surface area (TPSA) is 105 Å². The number of aliphatic carboxylic acids is 1. The maximum atomic E-state index is 12.8. The van der Waals surface area contributed by atoms with Crippen molar-refractivity contribution in [2.24, 2.45) is 5.92 Å². The lowest BCUT2D eigenvalue weighted by Crippen LogP contribution is -2.45. The average molecular weight is 453 g/mol. The highest BCUT2D eigenvalue weighted by Gasteiger charge is 2.26. The minimum absolute atomic E-state index is 0.189. The van der Waals surface area contributed by atoms with E-state index >= 15 is 0 Å². The van der Waals surface area contributed by atoms with Crippen LogP contribution in [0.3, 0.4) is 0 Å². The summed E-state index contributed by atoms with van der Waals surface area (Å²) in [7, 11) is 1.62. The predicted octanol–water partition coefficient (Wildman–Crippen LogP) is 4.45. The summed E-state index contributed by atoms with van der Waals surface area (Å²) >= 11 is 0. The number of ether oxygens (including phenoxy) is 1.